The van der Waals surface area contributed by atoms with E-state index < -0.39 is 0 Å². The van der Waals surface area contributed by atoms with Gasteiger partial charge in [0.25, 0.3) is 0 Å². The summed E-state index contributed by atoms with van der Waals surface area (Å²) in [6, 6.07) is 5.89. The number of methoxy groups -OCH3 is 1. The number of benzene rings is 1. The summed E-state index contributed by atoms with van der Waals surface area (Å²) in [5.41, 5.74) is 1.08. The van der Waals surface area contributed by atoms with Crippen molar-refractivity contribution in [3.63, 3.8) is 0 Å². The molecule has 122 valence electrons. The SMILES string of the molecule is C=[NH+]CCN1CCN(c2ccc(OCCOC)cc2Cl)CC1. The standard InChI is InChI=1S/C16H24ClN3O2/c1-18-5-6-19-7-9-20(10-8-19)16-4-3-14(13-15(16)17)22-12-11-21-2/h3-4,13H,1,5-12H2,2H3/p+1. The first-order valence-electron chi connectivity index (χ1n) is 7.63. The fraction of sp³-hybridized carbons (Fsp3) is 0.562. The molecule has 5 nitrogen and oxygen atoms in total. The largest absolute Gasteiger partial charge is 0.491 e. The van der Waals surface area contributed by atoms with Gasteiger partial charge in [0.15, 0.2) is 6.54 Å². The molecule has 0 atom stereocenters. The Morgan fingerprint density at radius 3 is 2.64 bits per heavy atom. The first-order valence-corrected chi connectivity index (χ1v) is 8.01. The quantitative estimate of drug-likeness (QED) is 0.550. The van der Waals surface area contributed by atoms with Gasteiger partial charge in [0.05, 0.1) is 23.9 Å². The lowest BCUT2D eigenvalue weighted by atomic mass is 10.2. The van der Waals surface area contributed by atoms with Crippen LogP contribution in [0.2, 0.25) is 5.02 Å². The molecule has 1 heterocycles. The number of hydrogen-bond donors (Lipinski definition) is 1. The van der Waals surface area contributed by atoms with Crippen LogP contribution in [0, 0.1) is 0 Å². The van der Waals surface area contributed by atoms with Gasteiger partial charge < -0.3 is 14.4 Å². The van der Waals surface area contributed by atoms with Crippen LogP contribution in [0.25, 0.3) is 0 Å². The first-order chi connectivity index (χ1) is 10.7. The molecule has 0 spiro atoms. The maximum Gasteiger partial charge on any atom is 0.152 e. The Labute approximate surface area is 137 Å². The second kappa shape index (κ2) is 8.98. The minimum Gasteiger partial charge on any atom is -0.491 e. The predicted molar refractivity (Wildman–Crippen MR) is 90.4 cm³/mol. The Morgan fingerprint density at radius 2 is 2.00 bits per heavy atom. The number of nitrogens with zero attached hydrogens (tertiary/aromatic N) is 2. The third kappa shape index (κ3) is 4.87. The molecular formula is C16H25ClN3O2+. The molecule has 0 amide bonds. The van der Waals surface area contributed by atoms with E-state index in [2.05, 4.69) is 21.5 Å². The summed E-state index contributed by atoms with van der Waals surface area (Å²) in [7, 11) is 1.66. The molecule has 0 radical (unpaired) electrons. The molecule has 22 heavy (non-hydrogen) atoms. The summed E-state index contributed by atoms with van der Waals surface area (Å²) < 4.78 is 10.6. The third-order valence-corrected chi connectivity index (χ3v) is 4.10. The van der Waals surface area contributed by atoms with E-state index in [0.29, 0.717) is 13.2 Å². The summed E-state index contributed by atoms with van der Waals surface area (Å²) in [5.74, 6) is 0.783. The Hall–Kier alpha value is -1.30. The number of anilines is 1. The second-order valence-corrected chi connectivity index (χ2v) is 5.69. The van der Waals surface area contributed by atoms with Gasteiger partial charge >= 0.3 is 0 Å². The van der Waals surface area contributed by atoms with E-state index in [1.807, 2.05) is 18.2 Å². The average molecular weight is 327 g/mol. The number of nitrogens with one attached hydrogen (secondary N) is 1. The molecule has 1 N–H and O–H groups in total. The van der Waals surface area contributed by atoms with E-state index in [9.17, 15) is 0 Å². The van der Waals surface area contributed by atoms with E-state index in [-0.39, 0.29) is 0 Å². The minimum atomic E-state index is 0.533. The van der Waals surface area contributed by atoms with Crippen molar-refractivity contribution in [3.8, 4) is 5.75 Å². The molecule has 1 aromatic rings. The highest BCUT2D eigenvalue weighted by molar-refractivity contribution is 6.33. The number of ether oxygens (including phenoxy) is 2. The molecule has 1 aromatic carbocycles. The van der Waals surface area contributed by atoms with Crippen LogP contribution in [0.5, 0.6) is 5.75 Å². The van der Waals surface area contributed by atoms with Gasteiger partial charge in [0, 0.05) is 39.4 Å². The molecule has 1 aliphatic rings. The molecule has 0 aliphatic carbocycles. The van der Waals surface area contributed by atoms with E-state index in [1.165, 1.54) is 0 Å². The normalized spacial score (nSPS) is 15.8. The monoisotopic (exact) mass is 326 g/mol. The van der Waals surface area contributed by atoms with Crippen molar-refractivity contribution in [2.45, 2.75) is 0 Å². The molecule has 2 rings (SSSR count). The van der Waals surface area contributed by atoms with Gasteiger partial charge in [0.2, 0.25) is 0 Å². The van der Waals surface area contributed by atoms with E-state index in [1.54, 1.807) is 7.11 Å². The van der Waals surface area contributed by atoms with Crippen molar-refractivity contribution in [1.82, 2.24) is 4.90 Å². The molecule has 1 saturated heterocycles. The van der Waals surface area contributed by atoms with E-state index in [0.717, 1.165) is 55.7 Å². The zero-order valence-corrected chi connectivity index (χ0v) is 13.9. The highest BCUT2D eigenvalue weighted by Gasteiger charge is 2.19. The summed E-state index contributed by atoms with van der Waals surface area (Å²) in [4.78, 5) is 7.71. The molecule has 0 unspecified atom stereocenters. The molecule has 1 aliphatic heterocycles. The van der Waals surface area contributed by atoms with Gasteiger partial charge in [-0.15, -0.1) is 0 Å². The predicted octanol–water partition coefficient (Wildman–Crippen LogP) is 0.268. The molecule has 0 bridgehead atoms. The fourth-order valence-corrected chi connectivity index (χ4v) is 2.82. The number of hydrogen-bond acceptors (Lipinski definition) is 4. The summed E-state index contributed by atoms with van der Waals surface area (Å²) in [5, 5.41) is 0.739. The van der Waals surface area contributed by atoms with Gasteiger partial charge in [-0.25, -0.2) is 0 Å². The third-order valence-electron chi connectivity index (χ3n) is 3.79. The second-order valence-electron chi connectivity index (χ2n) is 5.28. The zero-order chi connectivity index (χ0) is 15.8. The lowest BCUT2D eigenvalue weighted by molar-refractivity contribution is -0.447. The van der Waals surface area contributed by atoms with E-state index >= 15 is 0 Å². The van der Waals surface area contributed by atoms with Gasteiger partial charge in [-0.2, -0.15) is 0 Å². The summed E-state index contributed by atoms with van der Waals surface area (Å²) in [6.07, 6.45) is 0. The Kier molecular flexibility index (Phi) is 6.96. The lowest BCUT2D eigenvalue weighted by Gasteiger charge is -2.35. The van der Waals surface area contributed by atoms with Crippen molar-refractivity contribution in [2.24, 2.45) is 0 Å². The first kappa shape index (κ1) is 17.1. The van der Waals surface area contributed by atoms with Gasteiger partial charge in [-0.1, -0.05) is 11.6 Å². The minimum absolute atomic E-state index is 0.533. The van der Waals surface area contributed by atoms with Crippen LogP contribution in [-0.4, -0.2) is 71.2 Å². The molecule has 0 saturated carbocycles. The summed E-state index contributed by atoms with van der Waals surface area (Å²) >= 11 is 6.41. The Morgan fingerprint density at radius 1 is 1.23 bits per heavy atom. The lowest BCUT2D eigenvalue weighted by Crippen LogP contribution is -2.69. The average Bonchev–Trinajstić information content (AvgIpc) is 2.54. The number of rotatable bonds is 8. The highest BCUT2D eigenvalue weighted by Crippen LogP contribution is 2.30. The molecule has 1 fully saturated rings. The van der Waals surface area contributed by atoms with Crippen LogP contribution < -0.4 is 14.6 Å². The zero-order valence-electron chi connectivity index (χ0n) is 13.2. The Balaban J connectivity index is 1.89. The van der Waals surface area contributed by atoms with Crippen molar-refractivity contribution >= 4 is 24.0 Å². The number of piperazine rings is 1. The van der Waals surface area contributed by atoms with E-state index in [4.69, 9.17) is 21.1 Å². The van der Waals surface area contributed by atoms with Crippen molar-refractivity contribution < 1.29 is 14.5 Å². The van der Waals surface area contributed by atoms with Crippen LogP contribution in [0.4, 0.5) is 5.69 Å². The van der Waals surface area contributed by atoms with Crippen LogP contribution in [-0.2, 0) is 4.74 Å². The van der Waals surface area contributed by atoms with Crippen molar-refractivity contribution in [2.75, 3.05) is 64.5 Å². The molecular weight excluding hydrogens is 302 g/mol. The smallest absolute Gasteiger partial charge is 0.152 e. The maximum absolute atomic E-state index is 6.41. The van der Waals surface area contributed by atoms with Gasteiger partial charge in [-0.3, -0.25) is 9.89 Å². The van der Waals surface area contributed by atoms with Crippen molar-refractivity contribution in [3.05, 3.63) is 23.2 Å². The number of halogens is 1. The molecule has 0 aromatic heterocycles. The maximum atomic E-state index is 6.41. The van der Waals surface area contributed by atoms with Crippen LogP contribution in [0.15, 0.2) is 18.2 Å². The van der Waals surface area contributed by atoms with Crippen LogP contribution >= 0.6 is 11.6 Å². The Bertz CT molecular complexity index is 476. The summed E-state index contributed by atoms with van der Waals surface area (Å²) in [6.45, 7) is 10.8. The van der Waals surface area contributed by atoms with Gasteiger partial charge in [-0.05, 0) is 12.1 Å². The molecule has 6 heteroatoms. The fourth-order valence-electron chi connectivity index (χ4n) is 2.53. The van der Waals surface area contributed by atoms with Gasteiger partial charge in [0.1, 0.15) is 19.1 Å². The van der Waals surface area contributed by atoms with Crippen LogP contribution in [0.3, 0.4) is 0 Å². The topological polar surface area (TPSA) is 38.9 Å². The highest BCUT2D eigenvalue weighted by atomic mass is 35.5. The van der Waals surface area contributed by atoms with Crippen molar-refractivity contribution in [1.29, 1.82) is 0 Å². The van der Waals surface area contributed by atoms with Crippen LogP contribution in [0.1, 0.15) is 0 Å².